The van der Waals surface area contributed by atoms with E-state index in [2.05, 4.69) is 25.1 Å². The zero-order valence-corrected chi connectivity index (χ0v) is 10.9. The van der Waals surface area contributed by atoms with E-state index in [0.29, 0.717) is 12.4 Å². The molecular weight excluding hydrogens is 256 g/mol. The van der Waals surface area contributed by atoms with Crippen molar-refractivity contribution < 1.29 is 4.74 Å². The molecule has 0 atom stereocenters. The first kappa shape index (κ1) is 12.3. The quantitative estimate of drug-likeness (QED) is 0.792. The highest BCUT2D eigenvalue weighted by atomic mass is 16.5. The van der Waals surface area contributed by atoms with Crippen molar-refractivity contribution >= 4 is 5.82 Å². The minimum atomic E-state index is 0.179. The van der Waals surface area contributed by atoms with E-state index in [-0.39, 0.29) is 5.82 Å². The second kappa shape index (κ2) is 5.09. The average molecular weight is 268 g/mol. The van der Waals surface area contributed by atoms with E-state index in [0.717, 1.165) is 30.0 Å². The Labute approximate surface area is 115 Å². The summed E-state index contributed by atoms with van der Waals surface area (Å²) in [6.07, 6.45) is 2.39. The highest BCUT2D eigenvalue weighted by molar-refractivity contribution is 5.43. The molecule has 20 heavy (non-hydrogen) atoms. The third kappa shape index (κ3) is 2.23. The van der Waals surface area contributed by atoms with E-state index in [1.807, 2.05) is 12.1 Å². The van der Waals surface area contributed by atoms with Crippen molar-refractivity contribution in [3.63, 3.8) is 0 Å². The van der Waals surface area contributed by atoms with Crippen LogP contribution in [0.3, 0.4) is 0 Å². The molecule has 0 fully saturated rings. The largest absolute Gasteiger partial charge is 0.480 e. The summed E-state index contributed by atoms with van der Waals surface area (Å²) in [6.45, 7) is 1.46. The molecule has 0 amide bonds. The van der Waals surface area contributed by atoms with Crippen LogP contribution >= 0.6 is 0 Å². The molecule has 0 unspecified atom stereocenters. The van der Waals surface area contributed by atoms with E-state index < -0.39 is 0 Å². The summed E-state index contributed by atoms with van der Waals surface area (Å²) in [5, 5.41) is 17.0. The fourth-order valence-electron chi connectivity index (χ4n) is 2.18. The molecule has 2 aromatic heterocycles. The normalized spacial score (nSPS) is 13.5. The SMILES string of the molecule is COc1cc2c(nn1)CCN(c1ccnc(C#N)n1)C2. The standard InChI is InChI=1S/C13H12N6O/c1-20-13-6-9-8-19(5-3-10(9)17-18-13)12-2-4-15-11(7-14)16-12/h2,4,6H,3,5,8H2,1H3. The molecule has 3 heterocycles. The lowest BCUT2D eigenvalue weighted by Gasteiger charge is -2.28. The van der Waals surface area contributed by atoms with Gasteiger partial charge in [-0.05, 0) is 6.07 Å². The summed E-state index contributed by atoms with van der Waals surface area (Å²) in [4.78, 5) is 10.2. The lowest BCUT2D eigenvalue weighted by Crippen LogP contribution is -2.32. The van der Waals surface area contributed by atoms with Crippen LogP contribution in [0.2, 0.25) is 0 Å². The fraction of sp³-hybridized carbons (Fsp3) is 0.308. The number of aromatic nitrogens is 4. The summed E-state index contributed by atoms with van der Waals surface area (Å²) < 4.78 is 5.10. The molecule has 7 heteroatoms. The number of ether oxygens (including phenoxy) is 1. The van der Waals surface area contributed by atoms with Gasteiger partial charge in [-0.15, -0.1) is 5.10 Å². The Morgan fingerprint density at radius 2 is 2.30 bits per heavy atom. The van der Waals surface area contributed by atoms with Gasteiger partial charge in [0.05, 0.1) is 12.8 Å². The van der Waals surface area contributed by atoms with Gasteiger partial charge in [-0.25, -0.2) is 9.97 Å². The van der Waals surface area contributed by atoms with Crippen molar-refractivity contribution in [2.24, 2.45) is 0 Å². The van der Waals surface area contributed by atoms with Gasteiger partial charge in [0.15, 0.2) is 0 Å². The number of anilines is 1. The molecule has 100 valence electrons. The first-order valence-electron chi connectivity index (χ1n) is 6.17. The second-order valence-corrected chi connectivity index (χ2v) is 4.38. The van der Waals surface area contributed by atoms with Gasteiger partial charge in [0.25, 0.3) is 0 Å². The third-order valence-electron chi connectivity index (χ3n) is 3.19. The molecule has 7 nitrogen and oxygen atoms in total. The molecule has 1 aliphatic rings. The predicted octanol–water partition coefficient (Wildman–Crippen LogP) is 0.710. The maximum Gasteiger partial charge on any atom is 0.234 e. The van der Waals surface area contributed by atoms with Gasteiger partial charge in [-0.2, -0.15) is 10.4 Å². The van der Waals surface area contributed by atoms with Gasteiger partial charge in [0, 0.05) is 37.3 Å². The number of hydrogen-bond donors (Lipinski definition) is 0. The Bertz CT molecular complexity index is 681. The molecule has 0 spiro atoms. The Morgan fingerprint density at radius 1 is 1.40 bits per heavy atom. The average Bonchev–Trinajstić information content (AvgIpc) is 2.53. The zero-order chi connectivity index (χ0) is 13.9. The van der Waals surface area contributed by atoms with Crippen molar-refractivity contribution in [3.05, 3.63) is 35.4 Å². The lowest BCUT2D eigenvalue weighted by atomic mass is 10.1. The van der Waals surface area contributed by atoms with Crippen LogP contribution in [0, 0.1) is 11.3 Å². The van der Waals surface area contributed by atoms with Crippen molar-refractivity contribution in [3.8, 4) is 11.9 Å². The van der Waals surface area contributed by atoms with Gasteiger partial charge >= 0.3 is 0 Å². The minimum Gasteiger partial charge on any atom is -0.480 e. The zero-order valence-electron chi connectivity index (χ0n) is 10.9. The summed E-state index contributed by atoms with van der Waals surface area (Å²) in [5.74, 6) is 1.43. The van der Waals surface area contributed by atoms with Crippen LogP contribution in [0.1, 0.15) is 17.1 Å². The minimum absolute atomic E-state index is 0.179. The Balaban J connectivity index is 1.89. The van der Waals surface area contributed by atoms with Crippen LogP contribution in [0.4, 0.5) is 5.82 Å². The van der Waals surface area contributed by atoms with Crippen LogP contribution in [0.25, 0.3) is 0 Å². The topological polar surface area (TPSA) is 87.8 Å². The number of fused-ring (bicyclic) bond motifs is 1. The summed E-state index contributed by atoms with van der Waals surface area (Å²) in [6, 6.07) is 5.65. The molecule has 0 saturated carbocycles. The molecule has 1 aliphatic heterocycles. The number of methoxy groups -OCH3 is 1. The van der Waals surface area contributed by atoms with Crippen molar-refractivity contribution in [1.82, 2.24) is 20.2 Å². The fourth-order valence-corrected chi connectivity index (χ4v) is 2.18. The van der Waals surface area contributed by atoms with Crippen molar-refractivity contribution in [2.75, 3.05) is 18.6 Å². The second-order valence-electron chi connectivity index (χ2n) is 4.38. The van der Waals surface area contributed by atoms with E-state index in [1.54, 1.807) is 19.4 Å². The smallest absolute Gasteiger partial charge is 0.234 e. The van der Waals surface area contributed by atoms with Crippen LogP contribution in [-0.4, -0.2) is 33.8 Å². The highest BCUT2D eigenvalue weighted by Crippen LogP contribution is 2.23. The maximum absolute atomic E-state index is 8.86. The third-order valence-corrected chi connectivity index (χ3v) is 3.19. The molecular formula is C13H12N6O. The lowest BCUT2D eigenvalue weighted by molar-refractivity contribution is 0.389. The molecule has 0 saturated heterocycles. The van der Waals surface area contributed by atoms with E-state index in [9.17, 15) is 0 Å². The number of nitriles is 1. The van der Waals surface area contributed by atoms with E-state index in [4.69, 9.17) is 10.00 Å². The highest BCUT2D eigenvalue weighted by Gasteiger charge is 2.20. The van der Waals surface area contributed by atoms with Crippen LogP contribution in [0.5, 0.6) is 5.88 Å². The number of hydrogen-bond acceptors (Lipinski definition) is 7. The van der Waals surface area contributed by atoms with E-state index >= 15 is 0 Å². The van der Waals surface area contributed by atoms with Gasteiger partial charge in [-0.1, -0.05) is 0 Å². The van der Waals surface area contributed by atoms with Gasteiger partial charge < -0.3 is 9.64 Å². The van der Waals surface area contributed by atoms with Crippen LogP contribution < -0.4 is 9.64 Å². The Kier molecular flexibility index (Phi) is 3.13. The van der Waals surface area contributed by atoms with Gasteiger partial charge in [0.2, 0.25) is 11.7 Å². The predicted molar refractivity (Wildman–Crippen MR) is 70.1 cm³/mol. The molecule has 0 aromatic carbocycles. The summed E-state index contributed by atoms with van der Waals surface area (Å²) in [5.41, 5.74) is 2.05. The molecule has 0 aliphatic carbocycles. The molecule has 0 N–H and O–H groups in total. The van der Waals surface area contributed by atoms with Crippen LogP contribution in [0.15, 0.2) is 18.3 Å². The molecule has 0 bridgehead atoms. The molecule has 2 aromatic rings. The van der Waals surface area contributed by atoms with E-state index in [1.165, 1.54) is 0 Å². The maximum atomic E-state index is 8.86. The molecule has 0 radical (unpaired) electrons. The summed E-state index contributed by atoms with van der Waals surface area (Å²) in [7, 11) is 1.57. The first-order valence-corrected chi connectivity index (χ1v) is 6.17. The van der Waals surface area contributed by atoms with Crippen molar-refractivity contribution in [1.29, 1.82) is 5.26 Å². The molecule has 3 rings (SSSR count). The van der Waals surface area contributed by atoms with Crippen LogP contribution in [-0.2, 0) is 13.0 Å². The Morgan fingerprint density at radius 3 is 3.10 bits per heavy atom. The van der Waals surface area contributed by atoms with Gasteiger partial charge in [-0.3, -0.25) is 0 Å². The first-order chi connectivity index (χ1) is 9.80. The Hall–Kier alpha value is -2.75. The number of rotatable bonds is 2. The van der Waals surface area contributed by atoms with Gasteiger partial charge in [0.1, 0.15) is 11.9 Å². The van der Waals surface area contributed by atoms with Crippen molar-refractivity contribution in [2.45, 2.75) is 13.0 Å². The number of nitrogens with zero attached hydrogens (tertiary/aromatic N) is 6. The summed E-state index contributed by atoms with van der Waals surface area (Å²) >= 11 is 0. The monoisotopic (exact) mass is 268 g/mol.